The molecule has 1 nitrogen and oxygen atoms in total. The molecule has 0 N–H and O–H groups in total. The van der Waals surface area contributed by atoms with Gasteiger partial charge in [-0.1, -0.05) is 52.2 Å². The Balaban J connectivity index is 2.73. The lowest BCUT2D eigenvalue weighted by atomic mass is 9.80. The third kappa shape index (κ3) is 4.16. The van der Waals surface area contributed by atoms with Crippen LogP contribution in [0.2, 0.25) is 0 Å². The molecule has 0 atom stereocenters. The van der Waals surface area contributed by atoms with E-state index in [0.29, 0.717) is 5.56 Å². The molecular formula is C15H21ClO. The van der Waals surface area contributed by atoms with E-state index in [1.54, 1.807) is 0 Å². The summed E-state index contributed by atoms with van der Waals surface area (Å²) in [6, 6.07) is 7.65. The molecule has 0 aliphatic carbocycles. The maximum Gasteiger partial charge on any atom is 0.252 e. The van der Waals surface area contributed by atoms with Gasteiger partial charge in [0.25, 0.3) is 5.24 Å². The van der Waals surface area contributed by atoms with Gasteiger partial charge in [-0.2, -0.15) is 0 Å². The van der Waals surface area contributed by atoms with Crippen LogP contribution in [0.25, 0.3) is 0 Å². The van der Waals surface area contributed by atoms with Crippen LogP contribution in [0.5, 0.6) is 0 Å². The van der Waals surface area contributed by atoms with Crippen molar-refractivity contribution in [3.8, 4) is 0 Å². The zero-order chi connectivity index (χ0) is 12.9. The van der Waals surface area contributed by atoms with E-state index in [9.17, 15) is 4.79 Å². The zero-order valence-corrected chi connectivity index (χ0v) is 11.7. The van der Waals surface area contributed by atoms with E-state index in [1.807, 2.05) is 24.3 Å². The number of benzene rings is 1. The lowest BCUT2D eigenvalue weighted by molar-refractivity contribution is 0.108. The van der Waals surface area contributed by atoms with Crippen molar-refractivity contribution in [2.24, 2.45) is 0 Å². The molecule has 17 heavy (non-hydrogen) atoms. The summed E-state index contributed by atoms with van der Waals surface area (Å²) in [5, 5.41) is -0.389. The van der Waals surface area contributed by atoms with Gasteiger partial charge in [0, 0.05) is 5.56 Å². The molecule has 0 aromatic heterocycles. The summed E-state index contributed by atoms with van der Waals surface area (Å²) in [7, 11) is 0. The Morgan fingerprint density at radius 3 is 2.24 bits per heavy atom. The summed E-state index contributed by atoms with van der Waals surface area (Å²) < 4.78 is 0. The molecule has 0 aliphatic rings. The average molecular weight is 253 g/mol. The van der Waals surface area contributed by atoms with Crippen molar-refractivity contribution >= 4 is 16.8 Å². The largest absolute Gasteiger partial charge is 0.276 e. The van der Waals surface area contributed by atoms with Gasteiger partial charge in [-0.15, -0.1) is 0 Å². The van der Waals surface area contributed by atoms with Gasteiger partial charge in [-0.3, -0.25) is 4.79 Å². The molecule has 1 rings (SSSR count). The Morgan fingerprint density at radius 2 is 1.76 bits per heavy atom. The number of halogens is 1. The van der Waals surface area contributed by atoms with E-state index in [0.717, 1.165) is 0 Å². The predicted octanol–water partition coefficient (Wildman–Crippen LogP) is 4.92. The summed E-state index contributed by atoms with van der Waals surface area (Å²) in [4.78, 5) is 11.0. The van der Waals surface area contributed by atoms with Crippen LogP contribution in [0, 0.1) is 0 Å². The summed E-state index contributed by atoms with van der Waals surface area (Å²) in [6.45, 7) is 6.72. The highest BCUT2D eigenvalue weighted by molar-refractivity contribution is 6.67. The van der Waals surface area contributed by atoms with Gasteiger partial charge in [0.2, 0.25) is 0 Å². The monoisotopic (exact) mass is 252 g/mol. The maximum atomic E-state index is 11.0. The topological polar surface area (TPSA) is 17.1 Å². The quantitative estimate of drug-likeness (QED) is 0.519. The van der Waals surface area contributed by atoms with E-state index in [-0.39, 0.29) is 10.7 Å². The predicted molar refractivity (Wildman–Crippen MR) is 73.8 cm³/mol. The molecule has 0 saturated carbocycles. The van der Waals surface area contributed by atoms with Crippen molar-refractivity contribution in [2.75, 3.05) is 0 Å². The molecule has 0 fully saturated rings. The fourth-order valence-electron chi connectivity index (χ4n) is 2.01. The fourth-order valence-corrected chi connectivity index (χ4v) is 2.14. The molecule has 1 aromatic carbocycles. The Labute approximate surface area is 109 Å². The van der Waals surface area contributed by atoms with Crippen LogP contribution < -0.4 is 0 Å². The Kier molecular flexibility index (Phi) is 5.20. The van der Waals surface area contributed by atoms with Crippen molar-refractivity contribution < 1.29 is 4.79 Å². The fraction of sp³-hybridized carbons (Fsp3) is 0.533. The van der Waals surface area contributed by atoms with Crippen molar-refractivity contribution in [2.45, 2.75) is 51.9 Å². The number of unbranched alkanes of at least 4 members (excludes halogenated alkanes) is 2. The third-order valence-electron chi connectivity index (χ3n) is 3.30. The molecule has 0 bridgehead atoms. The second-order valence-electron chi connectivity index (χ2n) is 5.19. The molecule has 0 heterocycles. The first-order valence-electron chi connectivity index (χ1n) is 6.28. The smallest absolute Gasteiger partial charge is 0.252 e. The lowest BCUT2D eigenvalue weighted by Crippen LogP contribution is -2.17. The minimum absolute atomic E-state index is 0.170. The van der Waals surface area contributed by atoms with Crippen LogP contribution in [-0.4, -0.2) is 5.24 Å². The number of hydrogen-bond donors (Lipinski definition) is 0. The second kappa shape index (κ2) is 6.20. The van der Waals surface area contributed by atoms with Crippen LogP contribution in [-0.2, 0) is 5.41 Å². The van der Waals surface area contributed by atoms with Crippen LogP contribution in [0.1, 0.15) is 62.4 Å². The van der Waals surface area contributed by atoms with E-state index in [1.165, 1.54) is 31.2 Å². The number of carbonyl (C=O) groups excluding carboxylic acids is 1. The van der Waals surface area contributed by atoms with Gasteiger partial charge in [0.15, 0.2) is 0 Å². The van der Waals surface area contributed by atoms with E-state index in [4.69, 9.17) is 11.6 Å². The van der Waals surface area contributed by atoms with Gasteiger partial charge in [-0.25, -0.2) is 0 Å². The van der Waals surface area contributed by atoms with Gasteiger partial charge >= 0.3 is 0 Å². The molecule has 0 spiro atoms. The average Bonchev–Trinajstić information content (AvgIpc) is 2.29. The number of carbonyl (C=O) groups is 1. The molecule has 0 amide bonds. The van der Waals surface area contributed by atoms with Crippen LogP contribution >= 0.6 is 11.6 Å². The molecule has 0 aliphatic heterocycles. The van der Waals surface area contributed by atoms with Crippen LogP contribution in [0.4, 0.5) is 0 Å². The van der Waals surface area contributed by atoms with E-state index in [2.05, 4.69) is 20.8 Å². The van der Waals surface area contributed by atoms with Gasteiger partial charge in [0.05, 0.1) is 0 Å². The molecule has 0 unspecified atom stereocenters. The highest BCUT2D eigenvalue weighted by atomic mass is 35.5. The first-order chi connectivity index (χ1) is 7.97. The van der Waals surface area contributed by atoms with Crippen LogP contribution in [0.15, 0.2) is 24.3 Å². The van der Waals surface area contributed by atoms with Crippen molar-refractivity contribution in [1.29, 1.82) is 0 Å². The van der Waals surface area contributed by atoms with E-state index < -0.39 is 0 Å². The summed E-state index contributed by atoms with van der Waals surface area (Å²) in [6.07, 6.45) is 4.95. The van der Waals surface area contributed by atoms with Gasteiger partial charge in [0.1, 0.15) is 0 Å². The molecular weight excluding hydrogens is 232 g/mol. The zero-order valence-electron chi connectivity index (χ0n) is 10.9. The highest BCUT2D eigenvalue weighted by Crippen LogP contribution is 2.29. The third-order valence-corrected chi connectivity index (χ3v) is 3.52. The van der Waals surface area contributed by atoms with E-state index >= 15 is 0 Å². The standard InChI is InChI=1S/C15H21ClO/c1-4-5-6-11-15(2,3)13-9-7-12(8-10-13)14(16)17/h7-10H,4-6,11H2,1-3H3. The molecule has 94 valence electrons. The normalized spacial score (nSPS) is 11.5. The molecule has 2 heteroatoms. The Bertz CT molecular complexity index is 365. The maximum absolute atomic E-state index is 11.0. The second-order valence-corrected chi connectivity index (χ2v) is 5.54. The van der Waals surface area contributed by atoms with Crippen molar-refractivity contribution in [3.63, 3.8) is 0 Å². The number of hydrogen-bond acceptors (Lipinski definition) is 1. The van der Waals surface area contributed by atoms with Crippen LogP contribution in [0.3, 0.4) is 0 Å². The Morgan fingerprint density at radius 1 is 1.18 bits per heavy atom. The molecule has 0 radical (unpaired) electrons. The van der Waals surface area contributed by atoms with Gasteiger partial charge < -0.3 is 0 Å². The minimum atomic E-state index is -0.389. The first-order valence-corrected chi connectivity index (χ1v) is 6.65. The first kappa shape index (κ1) is 14.2. The molecule has 1 aromatic rings. The molecule has 0 saturated heterocycles. The SMILES string of the molecule is CCCCCC(C)(C)c1ccc(C(=O)Cl)cc1. The Hall–Kier alpha value is -0.820. The summed E-state index contributed by atoms with van der Waals surface area (Å²) in [5.41, 5.74) is 2.01. The number of rotatable bonds is 6. The lowest BCUT2D eigenvalue weighted by Gasteiger charge is -2.25. The minimum Gasteiger partial charge on any atom is -0.276 e. The van der Waals surface area contributed by atoms with Crippen molar-refractivity contribution in [3.05, 3.63) is 35.4 Å². The highest BCUT2D eigenvalue weighted by Gasteiger charge is 2.19. The van der Waals surface area contributed by atoms with Crippen molar-refractivity contribution in [1.82, 2.24) is 0 Å². The van der Waals surface area contributed by atoms with Gasteiger partial charge in [-0.05, 0) is 41.1 Å². The summed E-state index contributed by atoms with van der Waals surface area (Å²) >= 11 is 5.43. The summed E-state index contributed by atoms with van der Waals surface area (Å²) in [5.74, 6) is 0.